The lowest BCUT2D eigenvalue weighted by atomic mass is 10.6. The summed E-state index contributed by atoms with van der Waals surface area (Å²) in [5.41, 5.74) is 0. The maximum Gasteiger partial charge on any atom is 0.212 e. The summed E-state index contributed by atoms with van der Waals surface area (Å²) >= 11 is 0. The summed E-state index contributed by atoms with van der Waals surface area (Å²) in [4.78, 5) is 6.54. The molecular formula is C6H12N4OS. The Kier molecular flexibility index (Phi) is 2.37. The number of rotatable bonds is 3. The maximum atomic E-state index is 11.4. The standard InChI is InChI=1S/C6H12N4OS/c1-5(2)12(7,11)10-6-8-3-4-9-6/h3-5H,1-2H3,(H3,7,8,9,10,11). The average Bonchev–Trinajstić information content (AvgIpc) is 2.38. The van der Waals surface area contributed by atoms with Crippen LogP contribution in [0.5, 0.6) is 0 Å². The van der Waals surface area contributed by atoms with Gasteiger partial charge in [0.25, 0.3) is 0 Å². The second-order valence-corrected chi connectivity index (χ2v) is 5.04. The zero-order valence-electron chi connectivity index (χ0n) is 7.00. The van der Waals surface area contributed by atoms with Gasteiger partial charge in [0.15, 0.2) is 0 Å². The Labute approximate surface area is 71.7 Å². The highest BCUT2D eigenvalue weighted by Crippen LogP contribution is 2.05. The monoisotopic (exact) mass is 188 g/mol. The first-order valence-electron chi connectivity index (χ1n) is 3.57. The topological polar surface area (TPSA) is 81.6 Å². The van der Waals surface area contributed by atoms with Gasteiger partial charge in [-0.2, -0.15) is 0 Å². The second-order valence-electron chi connectivity index (χ2n) is 2.69. The highest BCUT2D eigenvalue weighted by Gasteiger charge is 2.11. The molecule has 0 saturated carbocycles. The van der Waals surface area contributed by atoms with Crippen molar-refractivity contribution in [2.75, 3.05) is 4.72 Å². The molecule has 0 radical (unpaired) electrons. The van der Waals surface area contributed by atoms with Crippen LogP contribution >= 0.6 is 0 Å². The van der Waals surface area contributed by atoms with E-state index in [0.717, 1.165) is 0 Å². The summed E-state index contributed by atoms with van der Waals surface area (Å²) < 4.78 is 21.4. The molecule has 1 atom stereocenters. The molecule has 0 fully saturated rings. The van der Waals surface area contributed by atoms with Gasteiger partial charge in [0.1, 0.15) is 9.92 Å². The third-order valence-electron chi connectivity index (χ3n) is 1.41. The number of aromatic amines is 1. The van der Waals surface area contributed by atoms with Gasteiger partial charge in [-0.25, -0.2) is 14.0 Å². The van der Waals surface area contributed by atoms with Gasteiger partial charge in [-0.3, -0.25) is 4.72 Å². The molecule has 6 heteroatoms. The van der Waals surface area contributed by atoms with E-state index in [1.165, 1.54) is 6.20 Å². The van der Waals surface area contributed by atoms with Crippen LogP contribution in [0.3, 0.4) is 0 Å². The number of H-pyrrole nitrogens is 1. The Morgan fingerprint density at radius 2 is 2.42 bits per heavy atom. The summed E-state index contributed by atoms with van der Waals surface area (Å²) in [6.45, 7) is 3.45. The van der Waals surface area contributed by atoms with E-state index in [9.17, 15) is 4.21 Å². The fourth-order valence-electron chi connectivity index (χ4n) is 0.583. The molecule has 12 heavy (non-hydrogen) atoms. The van der Waals surface area contributed by atoms with E-state index in [1.807, 2.05) is 0 Å². The van der Waals surface area contributed by atoms with Crippen LogP contribution in [-0.4, -0.2) is 19.4 Å². The van der Waals surface area contributed by atoms with E-state index < -0.39 is 9.92 Å². The number of aromatic nitrogens is 2. The fraction of sp³-hybridized carbons (Fsp3) is 0.500. The Hall–Kier alpha value is -1.04. The summed E-state index contributed by atoms with van der Waals surface area (Å²) in [6, 6.07) is 0. The van der Waals surface area contributed by atoms with Crippen LogP contribution in [0.1, 0.15) is 13.8 Å². The van der Waals surface area contributed by atoms with Crippen molar-refractivity contribution in [1.82, 2.24) is 9.97 Å². The third kappa shape index (κ3) is 1.97. The van der Waals surface area contributed by atoms with Crippen LogP contribution < -0.4 is 4.72 Å². The molecule has 0 saturated heterocycles. The minimum atomic E-state index is -2.76. The Balaban J connectivity index is 2.77. The third-order valence-corrected chi connectivity index (χ3v) is 3.23. The number of nitrogens with zero attached hydrogens (tertiary/aromatic N) is 1. The van der Waals surface area contributed by atoms with E-state index in [1.54, 1.807) is 20.0 Å². The Morgan fingerprint density at radius 3 is 2.83 bits per heavy atom. The van der Waals surface area contributed by atoms with Gasteiger partial charge >= 0.3 is 0 Å². The van der Waals surface area contributed by atoms with E-state index in [0.29, 0.717) is 5.95 Å². The molecule has 0 spiro atoms. The van der Waals surface area contributed by atoms with Crippen molar-refractivity contribution < 1.29 is 4.21 Å². The molecule has 0 bridgehead atoms. The molecule has 3 N–H and O–H groups in total. The van der Waals surface area contributed by atoms with Gasteiger partial charge in [0.05, 0.1) is 5.25 Å². The molecule has 0 aromatic carbocycles. The SMILES string of the molecule is CC(C)S(=N)(=O)Nc1ncc[nH]1. The Bertz CT molecular complexity index is 326. The number of nitrogens with one attached hydrogen (secondary N) is 3. The number of anilines is 1. The predicted octanol–water partition coefficient (Wildman–Crippen LogP) is 1.19. The van der Waals surface area contributed by atoms with E-state index in [-0.39, 0.29) is 5.25 Å². The first-order chi connectivity index (χ1) is 5.52. The molecule has 68 valence electrons. The van der Waals surface area contributed by atoms with E-state index in [2.05, 4.69) is 14.7 Å². The van der Waals surface area contributed by atoms with Gasteiger partial charge in [-0.1, -0.05) is 0 Å². The first-order valence-corrected chi connectivity index (χ1v) is 5.19. The minimum Gasteiger partial charge on any atom is -0.330 e. The molecule has 0 aliphatic rings. The van der Waals surface area contributed by atoms with Crippen molar-refractivity contribution in [2.24, 2.45) is 0 Å². The van der Waals surface area contributed by atoms with Crippen molar-refractivity contribution in [2.45, 2.75) is 19.1 Å². The van der Waals surface area contributed by atoms with Crippen LogP contribution in [0.15, 0.2) is 12.4 Å². The van der Waals surface area contributed by atoms with Gasteiger partial charge in [-0.15, -0.1) is 0 Å². The van der Waals surface area contributed by atoms with Crippen molar-refractivity contribution in [3.63, 3.8) is 0 Å². The molecule has 1 aromatic rings. The molecule has 0 aliphatic heterocycles. The molecule has 1 aromatic heterocycles. The smallest absolute Gasteiger partial charge is 0.212 e. The van der Waals surface area contributed by atoms with Crippen LogP contribution in [0.2, 0.25) is 0 Å². The van der Waals surface area contributed by atoms with Gasteiger partial charge in [0.2, 0.25) is 5.95 Å². The van der Waals surface area contributed by atoms with Crippen LogP contribution in [0.25, 0.3) is 0 Å². The normalized spacial score (nSPS) is 15.9. The molecule has 1 unspecified atom stereocenters. The van der Waals surface area contributed by atoms with E-state index in [4.69, 9.17) is 4.78 Å². The predicted molar refractivity (Wildman–Crippen MR) is 48.2 cm³/mol. The first kappa shape index (κ1) is 9.05. The fourth-order valence-corrected chi connectivity index (χ4v) is 1.22. The Morgan fingerprint density at radius 1 is 1.75 bits per heavy atom. The van der Waals surface area contributed by atoms with Crippen LogP contribution in [0.4, 0.5) is 5.95 Å². The lowest BCUT2D eigenvalue weighted by molar-refractivity contribution is 0.671. The lowest BCUT2D eigenvalue weighted by Gasteiger charge is -2.10. The molecular weight excluding hydrogens is 176 g/mol. The summed E-state index contributed by atoms with van der Waals surface area (Å²) in [7, 11) is -2.76. The van der Waals surface area contributed by atoms with Crippen molar-refractivity contribution >= 4 is 15.9 Å². The second kappa shape index (κ2) is 3.14. The largest absolute Gasteiger partial charge is 0.330 e. The number of imidazole rings is 1. The van der Waals surface area contributed by atoms with E-state index >= 15 is 0 Å². The zero-order valence-corrected chi connectivity index (χ0v) is 7.81. The summed E-state index contributed by atoms with van der Waals surface area (Å²) in [6.07, 6.45) is 3.15. The highest BCUT2D eigenvalue weighted by molar-refractivity contribution is 7.94. The highest BCUT2D eigenvalue weighted by atomic mass is 32.2. The molecule has 1 heterocycles. The lowest BCUT2D eigenvalue weighted by Crippen LogP contribution is -2.21. The molecule has 5 nitrogen and oxygen atoms in total. The van der Waals surface area contributed by atoms with Gasteiger partial charge in [0, 0.05) is 12.4 Å². The summed E-state index contributed by atoms with van der Waals surface area (Å²) in [5.74, 6) is 0.378. The van der Waals surface area contributed by atoms with Crippen LogP contribution in [0, 0.1) is 4.78 Å². The van der Waals surface area contributed by atoms with Crippen molar-refractivity contribution in [3.05, 3.63) is 12.4 Å². The molecule has 0 amide bonds. The van der Waals surface area contributed by atoms with Crippen LogP contribution in [-0.2, 0) is 9.92 Å². The summed E-state index contributed by atoms with van der Waals surface area (Å²) in [5, 5.41) is -0.234. The molecule has 1 rings (SSSR count). The minimum absolute atomic E-state index is 0.234. The number of hydrogen-bond donors (Lipinski definition) is 3. The zero-order chi connectivity index (χ0) is 9.19. The molecule has 0 aliphatic carbocycles. The quantitative estimate of drug-likeness (QED) is 0.666. The average molecular weight is 188 g/mol. The maximum absolute atomic E-state index is 11.4. The number of hydrogen-bond acceptors (Lipinski definition) is 3. The van der Waals surface area contributed by atoms with Crippen molar-refractivity contribution in [3.8, 4) is 0 Å². The van der Waals surface area contributed by atoms with Gasteiger partial charge < -0.3 is 4.98 Å². The van der Waals surface area contributed by atoms with Gasteiger partial charge in [-0.05, 0) is 13.8 Å². The van der Waals surface area contributed by atoms with Crippen molar-refractivity contribution in [1.29, 1.82) is 4.78 Å².